The Morgan fingerprint density at radius 3 is 2.31 bits per heavy atom. The Bertz CT molecular complexity index is 851. The van der Waals surface area contributed by atoms with E-state index in [-0.39, 0.29) is 23.8 Å². The maximum Gasteiger partial charge on any atom is 0.309 e. The van der Waals surface area contributed by atoms with Gasteiger partial charge < -0.3 is 14.6 Å². The van der Waals surface area contributed by atoms with Crippen molar-refractivity contribution in [2.45, 2.75) is 109 Å². The molecule has 0 saturated heterocycles. The number of ether oxygens (including phenoxy) is 2. The molecule has 1 aromatic rings. The van der Waals surface area contributed by atoms with Crippen molar-refractivity contribution in [3.63, 3.8) is 0 Å². The van der Waals surface area contributed by atoms with Gasteiger partial charge in [0.2, 0.25) is 0 Å². The molecule has 5 heteroatoms. The summed E-state index contributed by atoms with van der Waals surface area (Å²) in [6, 6.07) is 10.3. The van der Waals surface area contributed by atoms with Crippen molar-refractivity contribution in [2.24, 2.45) is 23.7 Å². The van der Waals surface area contributed by atoms with Crippen molar-refractivity contribution >= 4 is 11.9 Å². The summed E-state index contributed by atoms with van der Waals surface area (Å²) in [4.78, 5) is 26.4. The maximum absolute atomic E-state index is 13.3. The van der Waals surface area contributed by atoms with Gasteiger partial charge in [0.15, 0.2) is 0 Å². The second kappa shape index (κ2) is 11.0. The summed E-state index contributed by atoms with van der Waals surface area (Å²) in [6.45, 7) is 6.53. The Morgan fingerprint density at radius 1 is 1.03 bits per heavy atom. The van der Waals surface area contributed by atoms with E-state index in [9.17, 15) is 14.7 Å². The highest BCUT2D eigenvalue weighted by molar-refractivity contribution is 5.76. The van der Waals surface area contributed by atoms with Gasteiger partial charge in [-0.05, 0) is 81.1 Å². The molecule has 5 rings (SSSR count). The van der Waals surface area contributed by atoms with Crippen molar-refractivity contribution in [2.75, 3.05) is 6.61 Å². The summed E-state index contributed by atoms with van der Waals surface area (Å²) in [7, 11) is 0. The smallest absolute Gasteiger partial charge is 0.309 e. The lowest BCUT2D eigenvalue weighted by Gasteiger charge is -2.59. The molecule has 5 atom stereocenters. The molecule has 1 N–H and O–H groups in total. The molecular weight excluding hydrogens is 440 g/mol. The summed E-state index contributed by atoms with van der Waals surface area (Å²) in [5.74, 6) is -0.00904. The number of aliphatic hydroxyl groups is 1. The van der Waals surface area contributed by atoms with Crippen LogP contribution in [0.25, 0.3) is 0 Å². The normalized spacial score (nSPS) is 31.5. The minimum absolute atomic E-state index is 0.198. The predicted molar refractivity (Wildman–Crippen MR) is 136 cm³/mol. The number of hydrogen-bond donors (Lipinski definition) is 1. The SMILES string of the molecule is CCCCOC(=O)C(CC(C)C(=O)OC12CC3CC(CC(O)(C3)C1)C2)CC(CC)c1ccccc1. The van der Waals surface area contributed by atoms with E-state index < -0.39 is 17.1 Å². The third-order valence-electron chi connectivity index (χ3n) is 8.74. The number of carbonyl (C=O) groups excluding carboxylic acids is 2. The van der Waals surface area contributed by atoms with Crippen LogP contribution >= 0.6 is 0 Å². The third-order valence-corrected chi connectivity index (χ3v) is 8.74. The number of unbranched alkanes of at least 4 members (excludes halogenated alkanes) is 1. The van der Waals surface area contributed by atoms with Crippen molar-refractivity contribution in [1.82, 2.24) is 0 Å². The Morgan fingerprint density at radius 2 is 1.71 bits per heavy atom. The minimum Gasteiger partial charge on any atom is -0.465 e. The van der Waals surface area contributed by atoms with E-state index in [1.54, 1.807) is 0 Å². The van der Waals surface area contributed by atoms with Gasteiger partial charge in [-0.3, -0.25) is 9.59 Å². The molecule has 5 unspecified atom stereocenters. The first-order chi connectivity index (χ1) is 16.7. The van der Waals surface area contributed by atoms with E-state index in [2.05, 4.69) is 26.0 Å². The van der Waals surface area contributed by atoms with Gasteiger partial charge in [-0.15, -0.1) is 0 Å². The maximum atomic E-state index is 13.3. The first-order valence-corrected chi connectivity index (χ1v) is 13.9. The summed E-state index contributed by atoms with van der Waals surface area (Å²) < 4.78 is 11.9. The first kappa shape index (κ1) is 26.2. The second-order valence-electron chi connectivity index (χ2n) is 11.9. The number of hydrogen-bond acceptors (Lipinski definition) is 5. The van der Waals surface area contributed by atoms with Gasteiger partial charge in [0.05, 0.1) is 24.0 Å². The predicted octanol–water partition coefficient (Wildman–Crippen LogP) is 6.18. The Kier molecular flexibility index (Phi) is 8.25. The molecule has 0 spiro atoms. The minimum atomic E-state index is -0.663. The van der Waals surface area contributed by atoms with Crippen LogP contribution in [0.15, 0.2) is 30.3 Å². The molecular formula is C30H44O5. The van der Waals surface area contributed by atoms with Crippen LogP contribution < -0.4 is 0 Å². The van der Waals surface area contributed by atoms with Gasteiger partial charge in [-0.25, -0.2) is 0 Å². The van der Waals surface area contributed by atoms with Crippen LogP contribution in [-0.2, 0) is 19.1 Å². The topological polar surface area (TPSA) is 72.8 Å². The fourth-order valence-electron chi connectivity index (χ4n) is 7.42. The monoisotopic (exact) mass is 484 g/mol. The number of carbonyl (C=O) groups is 2. The van der Waals surface area contributed by atoms with Crippen molar-refractivity contribution in [3.05, 3.63) is 35.9 Å². The van der Waals surface area contributed by atoms with Crippen LogP contribution in [0.2, 0.25) is 0 Å². The molecule has 5 nitrogen and oxygen atoms in total. The van der Waals surface area contributed by atoms with Crippen LogP contribution in [0.3, 0.4) is 0 Å². The van der Waals surface area contributed by atoms with E-state index in [0.717, 1.165) is 51.4 Å². The van der Waals surface area contributed by atoms with Gasteiger partial charge in [-0.1, -0.05) is 57.5 Å². The summed E-state index contributed by atoms with van der Waals surface area (Å²) in [5.41, 5.74) is 0.0407. The number of benzene rings is 1. The highest BCUT2D eigenvalue weighted by Crippen LogP contribution is 2.59. The van der Waals surface area contributed by atoms with Crippen LogP contribution in [0, 0.1) is 23.7 Å². The fraction of sp³-hybridized carbons (Fsp3) is 0.733. The van der Waals surface area contributed by atoms with Crippen molar-refractivity contribution in [1.29, 1.82) is 0 Å². The lowest BCUT2D eigenvalue weighted by molar-refractivity contribution is -0.222. The fourth-order valence-corrected chi connectivity index (χ4v) is 7.42. The van der Waals surface area contributed by atoms with Crippen LogP contribution in [-0.4, -0.2) is 34.9 Å². The second-order valence-corrected chi connectivity index (χ2v) is 11.9. The molecule has 1 aromatic carbocycles. The molecule has 4 bridgehead atoms. The lowest BCUT2D eigenvalue weighted by Crippen LogP contribution is -2.60. The Labute approximate surface area is 211 Å². The van der Waals surface area contributed by atoms with Crippen molar-refractivity contribution < 1.29 is 24.2 Å². The van der Waals surface area contributed by atoms with E-state index in [1.807, 2.05) is 25.1 Å². The van der Waals surface area contributed by atoms with Crippen LogP contribution in [0.5, 0.6) is 0 Å². The number of esters is 2. The molecule has 0 aromatic heterocycles. The third kappa shape index (κ3) is 6.28. The standard InChI is InChI=1S/C30H44O5/c1-4-6-12-34-28(32)26(15-24(5-2)25-10-8-7-9-11-25)13-21(3)27(31)35-30-18-22-14-23(19-30)17-29(33,16-22)20-30/h7-11,21-24,26,33H,4-6,12-20H2,1-3H3. The van der Waals surface area contributed by atoms with Gasteiger partial charge in [0.1, 0.15) is 5.60 Å². The van der Waals surface area contributed by atoms with Gasteiger partial charge >= 0.3 is 11.9 Å². The molecule has 4 aliphatic rings. The molecule has 4 aliphatic carbocycles. The molecule has 4 fully saturated rings. The largest absolute Gasteiger partial charge is 0.465 e. The molecule has 194 valence electrons. The Balaban J connectivity index is 1.42. The summed E-state index contributed by atoms with van der Waals surface area (Å²) >= 11 is 0. The highest BCUT2D eigenvalue weighted by Gasteiger charge is 2.59. The molecule has 0 heterocycles. The van der Waals surface area contributed by atoms with Gasteiger partial charge in [0.25, 0.3) is 0 Å². The molecule has 35 heavy (non-hydrogen) atoms. The first-order valence-electron chi connectivity index (χ1n) is 13.9. The number of rotatable bonds is 12. The van der Waals surface area contributed by atoms with E-state index in [0.29, 0.717) is 37.7 Å². The van der Waals surface area contributed by atoms with Crippen LogP contribution in [0.4, 0.5) is 0 Å². The summed E-state index contributed by atoms with van der Waals surface area (Å²) in [5, 5.41) is 11.0. The molecule has 0 aliphatic heterocycles. The van der Waals surface area contributed by atoms with E-state index in [1.165, 1.54) is 5.56 Å². The van der Waals surface area contributed by atoms with Gasteiger partial charge in [-0.2, -0.15) is 0 Å². The van der Waals surface area contributed by atoms with Crippen LogP contribution in [0.1, 0.15) is 103 Å². The van der Waals surface area contributed by atoms with Gasteiger partial charge in [0, 0.05) is 6.42 Å². The zero-order valence-electron chi connectivity index (χ0n) is 21.8. The molecule has 0 radical (unpaired) electrons. The molecule has 0 amide bonds. The lowest BCUT2D eigenvalue weighted by atomic mass is 9.52. The average molecular weight is 485 g/mol. The Hall–Kier alpha value is -1.88. The summed E-state index contributed by atoms with van der Waals surface area (Å²) in [6.07, 6.45) is 9.00. The van der Waals surface area contributed by atoms with E-state index >= 15 is 0 Å². The van der Waals surface area contributed by atoms with Crippen molar-refractivity contribution in [3.8, 4) is 0 Å². The molecule has 4 saturated carbocycles. The quantitative estimate of drug-likeness (QED) is 0.283. The van der Waals surface area contributed by atoms with E-state index in [4.69, 9.17) is 9.47 Å². The zero-order chi connectivity index (χ0) is 25.1. The highest BCUT2D eigenvalue weighted by atomic mass is 16.6. The zero-order valence-corrected chi connectivity index (χ0v) is 21.8. The average Bonchev–Trinajstić information content (AvgIpc) is 2.80.